The normalized spacial score (nSPS) is 17.0. The average Bonchev–Trinajstić information content (AvgIpc) is 3.34. The first-order valence-electron chi connectivity index (χ1n) is 10.1. The quantitative estimate of drug-likeness (QED) is 0.426. The third kappa shape index (κ3) is 3.11. The summed E-state index contributed by atoms with van der Waals surface area (Å²) in [5.74, 6) is 2.21. The van der Waals surface area contributed by atoms with Gasteiger partial charge < -0.3 is 20.1 Å². The first-order valence-corrected chi connectivity index (χ1v) is 10.1. The lowest BCUT2D eigenvalue weighted by atomic mass is 9.93. The van der Waals surface area contributed by atoms with E-state index >= 15 is 0 Å². The fourth-order valence-corrected chi connectivity index (χ4v) is 4.08. The Morgan fingerprint density at radius 2 is 2.00 bits per heavy atom. The van der Waals surface area contributed by atoms with Gasteiger partial charge in [0, 0.05) is 35.0 Å². The van der Waals surface area contributed by atoms with Crippen LogP contribution in [-0.2, 0) is 5.72 Å². The van der Waals surface area contributed by atoms with Gasteiger partial charge >= 0.3 is 12.1 Å². The molecule has 0 bridgehead atoms. The predicted molar refractivity (Wildman–Crippen MR) is 122 cm³/mol. The van der Waals surface area contributed by atoms with Crippen molar-refractivity contribution in [3.05, 3.63) is 89.0 Å². The molecule has 0 saturated heterocycles. The van der Waals surface area contributed by atoms with Crippen LogP contribution in [0.2, 0.25) is 0 Å². The molecule has 0 radical (unpaired) electrons. The van der Waals surface area contributed by atoms with Crippen LogP contribution in [0.5, 0.6) is 6.01 Å². The number of hydrogen-bond acceptors (Lipinski definition) is 5. The summed E-state index contributed by atoms with van der Waals surface area (Å²) in [6.45, 7) is 0. The maximum atomic E-state index is 13.4. The van der Waals surface area contributed by atoms with Crippen molar-refractivity contribution in [1.82, 2.24) is 15.3 Å². The van der Waals surface area contributed by atoms with Gasteiger partial charge in [0.15, 0.2) is 5.72 Å². The molecule has 1 atom stereocenters. The van der Waals surface area contributed by atoms with Gasteiger partial charge in [-0.15, -0.1) is 6.42 Å². The molecule has 0 spiro atoms. The van der Waals surface area contributed by atoms with Gasteiger partial charge in [-0.1, -0.05) is 36.3 Å². The molecule has 1 aliphatic heterocycles. The van der Waals surface area contributed by atoms with Crippen LogP contribution < -0.4 is 15.0 Å². The number of benzene rings is 3. The number of aromatic nitrogens is 2. The Balaban J connectivity index is 1.69. The minimum Gasteiger partial charge on any atom is -0.375 e. The minimum atomic E-state index is -1.80. The summed E-state index contributed by atoms with van der Waals surface area (Å²) >= 11 is 0. The summed E-state index contributed by atoms with van der Waals surface area (Å²) in [5.41, 5.74) is 1.55. The monoisotopic (exact) mass is 438 g/mol. The minimum absolute atomic E-state index is 0.00923. The number of aromatic amines is 1. The number of nitrogens with one attached hydrogen (secondary N) is 2. The number of aliphatic hydroxyl groups is 1. The fourth-order valence-electron chi connectivity index (χ4n) is 4.08. The topological polar surface area (TPSA) is 108 Å². The summed E-state index contributed by atoms with van der Waals surface area (Å²) in [6, 6.07) is 18.8. The van der Waals surface area contributed by atoms with Crippen LogP contribution in [0.3, 0.4) is 0 Å². The first kappa shape index (κ1) is 20.3. The second-order valence-corrected chi connectivity index (χ2v) is 7.47. The van der Waals surface area contributed by atoms with Gasteiger partial charge in [-0.05, 0) is 36.4 Å². The van der Waals surface area contributed by atoms with E-state index in [1.165, 1.54) is 11.9 Å². The lowest BCUT2D eigenvalue weighted by Gasteiger charge is -2.35. The Bertz CT molecular complexity index is 1470. The molecule has 4 aromatic rings. The maximum absolute atomic E-state index is 13.4. The number of carbonyl (C=O) groups is 2. The molecular weight excluding hydrogens is 420 g/mol. The predicted octanol–water partition coefficient (Wildman–Crippen LogP) is 3.12. The van der Waals surface area contributed by atoms with E-state index in [9.17, 15) is 14.7 Å². The molecule has 3 N–H and O–H groups in total. The third-order valence-electron chi connectivity index (χ3n) is 5.59. The summed E-state index contributed by atoms with van der Waals surface area (Å²) in [6.07, 6.45) is 4.89. The van der Waals surface area contributed by atoms with E-state index in [1.807, 2.05) is 0 Å². The van der Waals surface area contributed by atoms with Crippen LogP contribution in [0.15, 0.2) is 66.7 Å². The summed E-state index contributed by atoms with van der Waals surface area (Å²) in [4.78, 5) is 33.4. The van der Waals surface area contributed by atoms with Crippen LogP contribution >= 0.6 is 0 Å². The molecule has 8 heteroatoms. The number of terminal acetylenes is 1. The number of amides is 2. The van der Waals surface area contributed by atoms with Gasteiger partial charge in [-0.2, -0.15) is 4.98 Å². The van der Waals surface area contributed by atoms with Crippen molar-refractivity contribution in [2.45, 2.75) is 5.72 Å². The molecule has 162 valence electrons. The van der Waals surface area contributed by atoms with Gasteiger partial charge in [0.1, 0.15) is 0 Å². The molecule has 3 aromatic carbocycles. The highest BCUT2D eigenvalue weighted by atomic mass is 16.6. The van der Waals surface area contributed by atoms with E-state index in [0.29, 0.717) is 39.0 Å². The van der Waals surface area contributed by atoms with E-state index in [-0.39, 0.29) is 11.9 Å². The van der Waals surface area contributed by atoms with Gasteiger partial charge in [-0.25, -0.2) is 4.79 Å². The standard InChI is InChI=1S/C25H18N4O4/c1-3-15-7-6-8-17(13-15)29-22(30)18-9-4-5-10-19(18)25(29,32)16-11-12-20-21(14-16)28-23(27-20)33-24(31)26-2/h1,4-14,32H,2H3,(H,26,31)(H,27,28). The zero-order valence-corrected chi connectivity index (χ0v) is 17.5. The van der Waals surface area contributed by atoms with Crippen LogP contribution in [0.25, 0.3) is 11.0 Å². The maximum Gasteiger partial charge on any atom is 0.414 e. The second kappa shape index (κ2) is 7.51. The van der Waals surface area contributed by atoms with Crippen LogP contribution in [0.4, 0.5) is 10.5 Å². The SMILES string of the molecule is C#Cc1cccc(N2C(=O)c3ccccc3C2(O)c2ccc3nc(OC(=O)NC)[nH]c3c2)c1. The third-order valence-corrected chi connectivity index (χ3v) is 5.59. The summed E-state index contributed by atoms with van der Waals surface area (Å²) in [7, 11) is 1.44. The van der Waals surface area contributed by atoms with Crippen molar-refractivity contribution >= 4 is 28.7 Å². The number of H-pyrrole nitrogens is 1. The Morgan fingerprint density at radius 3 is 2.79 bits per heavy atom. The molecule has 33 heavy (non-hydrogen) atoms. The summed E-state index contributed by atoms with van der Waals surface area (Å²) in [5, 5.41) is 14.5. The largest absolute Gasteiger partial charge is 0.414 e. The molecule has 1 unspecified atom stereocenters. The Kier molecular flexibility index (Phi) is 4.62. The van der Waals surface area contributed by atoms with Crippen LogP contribution in [0, 0.1) is 12.3 Å². The van der Waals surface area contributed by atoms with Crippen molar-refractivity contribution in [3.8, 4) is 18.4 Å². The van der Waals surface area contributed by atoms with Crippen LogP contribution in [-0.4, -0.2) is 34.1 Å². The Morgan fingerprint density at radius 1 is 1.18 bits per heavy atom. The van der Waals surface area contributed by atoms with E-state index in [1.54, 1.807) is 66.7 Å². The van der Waals surface area contributed by atoms with Crippen LogP contribution in [0.1, 0.15) is 27.0 Å². The van der Waals surface area contributed by atoms with Gasteiger partial charge in [0.2, 0.25) is 0 Å². The smallest absolute Gasteiger partial charge is 0.375 e. The Labute approximate surface area is 188 Å². The molecular formula is C25H18N4O4. The van der Waals surface area contributed by atoms with Crippen molar-refractivity contribution < 1.29 is 19.4 Å². The van der Waals surface area contributed by atoms with Crippen molar-refractivity contribution in [1.29, 1.82) is 0 Å². The molecule has 0 fully saturated rings. The number of rotatable bonds is 3. The van der Waals surface area contributed by atoms with E-state index in [2.05, 4.69) is 21.2 Å². The van der Waals surface area contributed by atoms with E-state index in [0.717, 1.165) is 0 Å². The highest BCUT2D eigenvalue weighted by Gasteiger charge is 2.50. The number of hydrogen-bond donors (Lipinski definition) is 3. The van der Waals surface area contributed by atoms with Crippen molar-refractivity contribution in [2.75, 3.05) is 11.9 Å². The highest BCUT2D eigenvalue weighted by Crippen LogP contribution is 2.45. The lowest BCUT2D eigenvalue weighted by molar-refractivity contribution is 0.0704. The lowest BCUT2D eigenvalue weighted by Crippen LogP contribution is -2.45. The number of anilines is 1. The number of ether oxygens (including phenoxy) is 1. The molecule has 1 aromatic heterocycles. The fraction of sp³-hybridized carbons (Fsp3) is 0.0800. The summed E-state index contributed by atoms with van der Waals surface area (Å²) < 4.78 is 5.07. The number of carbonyl (C=O) groups excluding carboxylic acids is 2. The number of imidazole rings is 1. The molecule has 8 nitrogen and oxygen atoms in total. The zero-order chi connectivity index (χ0) is 23.2. The second-order valence-electron chi connectivity index (χ2n) is 7.47. The van der Waals surface area contributed by atoms with E-state index < -0.39 is 11.8 Å². The number of nitrogens with zero attached hydrogens (tertiary/aromatic N) is 2. The highest BCUT2D eigenvalue weighted by molar-refractivity contribution is 6.12. The zero-order valence-electron chi connectivity index (χ0n) is 17.5. The molecule has 0 aliphatic carbocycles. The van der Waals surface area contributed by atoms with Crippen molar-refractivity contribution in [3.63, 3.8) is 0 Å². The first-order chi connectivity index (χ1) is 16.0. The molecule has 2 heterocycles. The van der Waals surface area contributed by atoms with Gasteiger partial charge in [0.05, 0.1) is 11.0 Å². The number of fused-ring (bicyclic) bond motifs is 2. The van der Waals surface area contributed by atoms with E-state index in [4.69, 9.17) is 11.2 Å². The molecule has 5 rings (SSSR count). The van der Waals surface area contributed by atoms with Crippen molar-refractivity contribution in [2.24, 2.45) is 0 Å². The molecule has 1 aliphatic rings. The average molecular weight is 438 g/mol. The molecule has 0 saturated carbocycles. The Hall–Kier alpha value is -4.61. The van der Waals surface area contributed by atoms with Gasteiger partial charge in [0.25, 0.3) is 5.91 Å². The molecule has 2 amide bonds. The van der Waals surface area contributed by atoms with Gasteiger partial charge in [-0.3, -0.25) is 9.69 Å².